The summed E-state index contributed by atoms with van der Waals surface area (Å²) in [7, 11) is 0. The van der Waals surface area contributed by atoms with Gasteiger partial charge < -0.3 is 19.6 Å². The molecule has 3 heterocycles. The number of nitrogens with zero attached hydrogens (tertiary/aromatic N) is 6. The summed E-state index contributed by atoms with van der Waals surface area (Å²) in [5, 5.41) is 0. The highest BCUT2D eigenvalue weighted by molar-refractivity contribution is 5.92. The number of aromatic nitrogens is 2. The Kier molecular flexibility index (Phi) is 9.36. The number of carbonyl (C=O) groups excluding carboxylic acids is 2. The fourth-order valence-corrected chi connectivity index (χ4v) is 5.79. The van der Waals surface area contributed by atoms with E-state index in [0.717, 1.165) is 80.6 Å². The van der Waals surface area contributed by atoms with Crippen LogP contribution in [0.4, 0.5) is 11.6 Å². The van der Waals surface area contributed by atoms with E-state index in [2.05, 4.69) is 39.7 Å². The molecule has 2 aromatic rings. The number of hydrogen-bond acceptors (Lipinski definition) is 6. The molecule has 0 bridgehead atoms. The quantitative estimate of drug-likeness (QED) is 0.606. The summed E-state index contributed by atoms with van der Waals surface area (Å²) in [6.07, 6.45) is 2.50. The molecule has 8 nitrogen and oxygen atoms in total. The third-order valence-electron chi connectivity index (χ3n) is 7.60. The van der Waals surface area contributed by atoms with Crippen LogP contribution in [0.1, 0.15) is 57.0 Å². The van der Waals surface area contributed by atoms with Crippen molar-refractivity contribution in [3.05, 3.63) is 47.3 Å². The van der Waals surface area contributed by atoms with Crippen molar-refractivity contribution in [3.63, 3.8) is 0 Å². The van der Waals surface area contributed by atoms with Crippen molar-refractivity contribution in [3.8, 4) is 0 Å². The minimum Gasteiger partial charge on any atom is -0.341 e. The first-order valence-electron chi connectivity index (χ1n) is 14.2. The molecule has 206 valence electrons. The summed E-state index contributed by atoms with van der Waals surface area (Å²) in [5.41, 5.74) is 3.91. The van der Waals surface area contributed by atoms with Gasteiger partial charge in [-0.15, -0.1) is 0 Å². The first-order chi connectivity index (χ1) is 18.2. The average molecular weight is 521 g/mol. The van der Waals surface area contributed by atoms with E-state index in [4.69, 9.17) is 0 Å². The zero-order valence-corrected chi connectivity index (χ0v) is 23.8. The van der Waals surface area contributed by atoms with Gasteiger partial charge >= 0.3 is 0 Å². The molecule has 2 amide bonds. The van der Waals surface area contributed by atoms with Crippen molar-refractivity contribution in [2.75, 3.05) is 55.6 Å². The first kappa shape index (κ1) is 28.0. The van der Waals surface area contributed by atoms with Gasteiger partial charge in [0, 0.05) is 75.7 Å². The molecular formula is C30H44N6O2. The second-order valence-corrected chi connectivity index (χ2v) is 11.3. The van der Waals surface area contributed by atoms with Gasteiger partial charge in [0.25, 0.3) is 0 Å². The molecule has 2 aliphatic heterocycles. The standard InChI is InChI=1S/C30H44N6O2/c1-22(2)20-33-13-8-14-36(25(5)37)28-10-7-6-9-27(28)21-35(18-17-33)29(38)26-11-15-34(16-12-26)30-31-23(3)19-24(4)32-30/h6-7,9-10,19,22,26H,8,11-18,20-21H2,1-5H3. The van der Waals surface area contributed by atoms with Crippen LogP contribution in [0.5, 0.6) is 0 Å². The molecule has 0 spiro atoms. The SMILES string of the molecule is CC(=O)N1CCCN(CC(C)C)CCN(C(=O)C2CCN(c3nc(C)cc(C)n3)CC2)Cc2ccccc21. The fraction of sp³-hybridized carbons (Fsp3) is 0.600. The largest absolute Gasteiger partial charge is 0.341 e. The lowest BCUT2D eigenvalue weighted by molar-refractivity contribution is -0.137. The topological polar surface area (TPSA) is 72.9 Å². The summed E-state index contributed by atoms with van der Waals surface area (Å²) < 4.78 is 0. The van der Waals surface area contributed by atoms with Crippen LogP contribution >= 0.6 is 0 Å². The maximum atomic E-state index is 14.0. The van der Waals surface area contributed by atoms with E-state index in [-0.39, 0.29) is 17.7 Å². The maximum absolute atomic E-state index is 14.0. The Hall–Kier alpha value is -3.00. The van der Waals surface area contributed by atoms with E-state index >= 15 is 0 Å². The molecule has 0 N–H and O–H groups in total. The Morgan fingerprint density at radius 1 is 0.947 bits per heavy atom. The van der Waals surface area contributed by atoms with E-state index in [1.54, 1.807) is 6.92 Å². The third-order valence-corrected chi connectivity index (χ3v) is 7.60. The first-order valence-corrected chi connectivity index (χ1v) is 14.2. The molecule has 38 heavy (non-hydrogen) atoms. The smallest absolute Gasteiger partial charge is 0.226 e. The monoisotopic (exact) mass is 520 g/mol. The Morgan fingerprint density at radius 3 is 2.29 bits per heavy atom. The van der Waals surface area contributed by atoms with Gasteiger partial charge in [-0.25, -0.2) is 9.97 Å². The van der Waals surface area contributed by atoms with Gasteiger partial charge in [0.1, 0.15) is 0 Å². The van der Waals surface area contributed by atoms with Crippen molar-refractivity contribution >= 4 is 23.5 Å². The van der Waals surface area contributed by atoms with Gasteiger partial charge in [0.05, 0.1) is 0 Å². The van der Waals surface area contributed by atoms with Gasteiger partial charge in [0.2, 0.25) is 17.8 Å². The number of amides is 2. The number of aryl methyl sites for hydroxylation is 2. The summed E-state index contributed by atoms with van der Waals surface area (Å²) >= 11 is 0. The summed E-state index contributed by atoms with van der Waals surface area (Å²) in [5.74, 6) is 1.56. The van der Waals surface area contributed by atoms with Gasteiger partial charge in [0.15, 0.2) is 0 Å². The Bertz CT molecular complexity index is 1090. The predicted octanol–water partition coefficient (Wildman–Crippen LogP) is 4.05. The molecule has 1 saturated heterocycles. The second-order valence-electron chi connectivity index (χ2n) is 11.3. The molecule has 0 radical (unpaired) electrons. The van der Waals surface area contributed by atoms with Crippen LogP contribution < -0.4 is 9.80 Å². The van der Waals surface area contributed by atoms with Crippen LogP contribution in [0.25, 0.3) is 0 Å². The second kappa shape index (κ2) is 12.7. The minimum atomic E-state index is -0.0168. The lowest BCUT2D eigenvalue weighted by atomic mass is 9.95. The van der Waals surface area contributed by atoms with Crippen molar-refractivity contribution in [1.82, 2.24) is 19.8 Å². The summed E-state index contributed by atoms with van der Waals surface area (Å²) in [4.78, 5) is 44.5. The van der Waals surface area contributed by atoms with Crippen LogP contribution in [-0.2, 0) is 16.1 Å². The van der Waals surface area contributed by atoms with Gasteiger partial charge in [-0.2, -0.15) is 0 Å². The molecule has 0 aliphatic carbocycles. The molecule has 2 aliphatic rings. The summed E-state index contributed by atoms with van der Waals surface area (Å²) in [6, 6.07) is 10.1. The molecule has 0 saturated carbocycles. The van der Waals surface area contributed by atoms with E-state index in [1.165, 1.54) is 0 Å². The van der Waals surface area contributed by atoms with E-state index in [0.29, 0.717) is 25.6 Å². The molecular weight excluding hydrogens is 476 g/mol. The number of fused-ring (bicyclic) bond motifs is 1. The van der Waals surface area contributed by atoms with Crippen molar-refractivity contribution in [2.45, 2.75) is 60.4 Å². The van der Waals surface area contributed by atoms with Crippen LogP contribution in [0.15, 0.2) is 30.3 Å². The number of piperidine rings is 1. The molecule has 0 atom stereocenters. The lowest BCUT2D eigenvalue weighted by Gasteiger charge is -2.35. The molecule has 1 fully saturated rings. The Labute approximate surface area is 228 Å². The van der Waals surface area contributed by atoms with Crippen molar-refractivity contribution < 1.29 is 9.59 Å². The number of hydrogen-bond donors (Lipinski definition) is 0. The van der Waals surface area contributed by atoms with Crippen LogP contribution in [0.2, 0.25) is 0 Å². The van der Waals surface area contributed by atoms with Crippen LogP contribution in [0, 0.1) is 25.7 Å². The number of carbonyl (C=O) groups is 2. The maximum Gasteiger partial charge on any atom is 0.226 e. The highest BCUT2D eigenvalue weighted by Gasteiger charge is 2.31. The van der Waals surface area contributed by atoms with Gasteiger partial charge in [-0.1, -0.05) is 32.0 Å². The van der Waals surface area contributed by atoms with Crippen molar-refractivity contribution in [1.29, 1.82) is 0 Å². The zero-order valence-electron chi connectivity index (χ0n) is 23.8. The minimum absolute atomic E-state index is 0.0168. The highest BCUT2D eigenvalue weighted by Crippen LogP contribution is 2.27. The normalized spacial score (nSPS) is 18.3. The van der Waals surface area contributed by atoms with Crippen LogP contribution in [0.3, 0.4) is 0 Å². The average Bonchev–Trinajstić information content (AvgIpc) is 2.91. The van der Waals surface area contributed by atoms with E-state index in [9.17, 15) is 9.59 Å². The number of rotatable bonds is 4. The Balaban J connectivity index is 1.53. The molecule has 1 aromatic heterocycles. The molecule has 4 rings (SSSR count). The van der Waals surface area contributed by atoms with Crippen molar-refractivity contribution in [2.24, 2.45) is 11.8 Å². The predicted molar refractivity (Wildman–Crippen MR) is 152 cm³/mol. The van der Waals surface area contributed by atoms with E-state index < -0.39 is 0 Å². The number of anilines is 2. The highest BCUT2D eigenvalue weighted by atomic mass is 16.2. The Morgan fingerprint density at radius 2 is 1.63 bits per heavy atom. The summed E-state index contributed by atoms with van der Waals surface area (Å²) in [6.45, 7) is 16.3. The third kappa shape index (κ3) is 7.10. The molecule has 0 unspecified atom stereocenters. The van der Waals surface area contributed by atoms with Crippen LogP contribution in [-0.4, -0.2) is 77.4 Å². The van der Waals surface area contributed by atoms with Gasteiger partial charge in [-0.05, 0) is 63.3 Å². The van der Waals surface area contributed by atoms with E-state index in [1.807, 2.05) is 47.9 Å². The fourth-order valence-electron chi connectivity index (χ4n) is 5.79. The van der Waals surface area contributed by atoms with Gasteiger partial charge in [-0.3, -0.25) is 9.59 Å². The number of benzene rings is 1. The lowest BCUT2D eigenvalue weighted by Crippen LogP contribution is -2.45. The molecule has 8 heteroatoms. The molecule has 1 aromatic carbocycles. The number of para-hydroxylation sites is 1. The zero-order chi connectivity index (χ0) is 27.2.